The average molecular weight is 279 g/mol. The Morgan fingerprint density at radius 3 is 2.95 bits per heavy atom. The number of carbonyl (C=O) groups excluding carboxylic acids is 1. The molecule has 1 amide bonds. The first-order valence-corrected chi connectivity index (χ1v) is 8.06. The van der Waals surface area contributed by atoms with E-state index in [4.69, 9.17) is 4.74 Å². The van der Waals surface area contributed by atoms with E-state index < -0.39 is 0 Å². The molecule has 104 valence electrons. The minimum absolute atomic E-state index is 0.00869. The number of amides is 1. The van der Waals surface area contributed by atoms with Gasteiger partial charge in [0.2, 0.25) is 5.91 Å². The molecule has 1 aliphatic rings. The van der Waals surface area contributed by atoms with Crippen LogP contribution in [-0.2, 0) is 21.8 Å². The number of carbonyl (C=O) groups is 1. The van der Waals surface area contributed by atoms with E-state index in [9.17, 15) is 4.79 Å². The topological polar surface area (TPSA) is 38.3 Å². The lowest BCUT2D eigenvalue weighted by atomic mass is 10.0. The maximum Gasteiger partial charge on any atom is 0.226 e. The summed E-state index contributed by atoms with van der Waals surface area (Å²) in [6, 6.07) is 8.38. The van der Waals surface area contributed by atoms with Crippen LogP contribution in [0.5, 0.6) is 0 Å². The Morgan fingerprint density at radius 2 is 2.26 bits per heavy atom. The summed E-state index contributed by atoms with van der Waals surface area (Å²) in [4.78, 5) is 12.0. The summed E-state index contributed by atoms with van der Waals surface area (Å²) in [6.45, 7) is 3.27. The van der Waals surface area contributed by atoms with Crippen molar-refractivity contribution in [1.82, 2.24) is 5.32 Å². The van der Waals surface area contributed by atoms with Crippen LogP contribution in [0.25, 0.3) is 0 Å². The Kier molecular flexibility index (Phi) is 5.28. The zero-order valence-electron chi connectivity index (χ0n) is 11.5. The van der Waals surface area contributed by atoms with Gasteiger partial charge in [-0.2, -0.15) is 11.8 Å². The molecular weight excluding hydrogens is 258 g/mol. The molecule has 0 aliphatic carbocycles. The summed E-state index contributed by atoms with van der Waals surface area (Å²) in [7, 11) is 0. The zero-order valence-corrected chi connectivity index (χ0v) is 12.3. The van der Waals surface area contributed by atoms with Crippen molar-refractivity contribution in [3.05, 3.63) is 35.4 Å². The van der Waals surface area contributed by atoms with Crippen molar-refractivity contribution in [3.8, 4) is 0 Å². The SMILES string of the molecule is CSCc1cccc(CNC(=O)[C@@H]2CCO[C@H]2C)c1. The molecule has 0 unspecified atom stereocenters. The van der Waals surface area contributed by atoms with Crippen LogP contribution < -0.4 is 5.32 Å². The molecule has 1 aliphatic heterocycles. The van der Waals surface area contributed by atoms with Crippen molar-refractivity contribution in [3.63, 3.8) is 0 Å². The van der Waals surface area contributed by atoms with Crippen molar-refractivity contribution >= 4 is 17.7 Å². The number of nitrogens with one attached hydrogen (secondary N) is 1. The first-order valence-electron chi connectivity index (χ1n) is 6.67. The van der Waals surface area contributed by atoms with E-state index in [0.29, 0.717) is 13.2 Å². The summed E-state index contributed by atoms with van der Waals surface area (Å²) in [6.07, 6.45) is 2.97. The Morgan fingerprint density at radius 1 is 1.47 bits per heavy atom. The smallest absolute Gasteiger partial charge is 0.226 e. The fourth-order valence-electron chi connectivity index (χ4n) is 2.39. The molecule has 19 heavy (non-hydrogen) atoms. The molecule has 1 N–H and O–H groups in total. The van der Waals surface area contributed by atoms with Gasteiger partial charge in [0.25, 0.3) is 0 Å². The van der Waals surface area contributed by atoms with Crippen LogP contribution in [0, 0.1) is 5.92 Å². The van der Waals surface area contributed by atoms with Crippen LogP contribution in [-0.4, -0.2) is 24.9 Å². The van der Waals surface area contributed by atoms with Crippen LogP contribution in [0.1, 0.15) is 24.5 Å². The van der Waals surface area contributed by atoms with E-state index in [2.05, 4.69) is 29.8 Å². The molecule has 1 aromatic carbocycles. The largest absolute Gasteiger partial charge is 0.378 e. The number of benzene rings is 1. The molecule has 1 saturated heterocycles. The van der Waals surface area contributed by atoms with Crippen LogP contribution in [0.2, 0.25) is 0 Å². The molecule has 4 heteroatoms. The second-order valence-electron chi connectivity index (χ2n) is 4.94. The maximum atomic E-state index is 12.0. The van der Waals surface area contributed by atoms with Crippen molar-refractivity contribution in [1.29, 1.82) is 0 Å². The van der Waals surface area contributed by atoms with Gasteiger partial charge in [0.05, 0.1) is 12.0 Å². The van der Waals surface area contributed by atoms with Crippen molar-refractivity contribution in [2.45, 2.75) is 31.7 Å². The first kappa shape index (κ1) is 14.4. The van der Waals surface area contributed by atoms with E-state index in [1.54, 1.807) is 11.8 Å². The van der Waals surface area contributed by atoms with Crippen molar-refractivity contribution in [2.24, 2.45) is 5.92 Å². The third-order valence-corrected chi connectivity index (χ3v) is 4.10. The fraction of sp³-hybridized carbons (Fsp3) is 0.533. The van der Waals surface area contributed by atoms with E-state index in [1.165, 1.54) is 5.56 Å². The van der Waals surface area contributed by atoms with Gasteiger partial charge in [-0.25, -0.2) is 0 Å². The Labute approximate surface area is 119 Å². The monoisotopic (exact) mass is 279 g/mol. The number of ether oxygens (including phenoxy) is 1. The van der Waals surface area contributed by atoms with E-state index >= 15 is 0 Å². The normalized spacial score (nSPS) is 22.4. The summed E-state index contributed by atoms with van der Waals surface area (Å²) in [5.41, 5.74) is 2.46. The van der Waals surface area contributed by atoms with Gasteiger partial charge < -0.3 is 10.1 Å². The summed E-state index contributed by atoms with van der Waals surface area (Å²) in [5.74, 6) is 1.13. The summed E-state index contributed by atoms with van der Waals surface area (Å²) >= 11 is 1.80. The predicted molar refractivity (Wildman–Crippen MR) is 79.0 cm³/mol. The molecule has 1 aromatic rings. The van der Waals surface area contributed by atoms with Crippen LogP contribution in [0.15, 0.2) is 24.3 Å². The Hall–Kier alpha value is -1.00. The minimum Gasteiger partial charge on any atom is -0.378 e. The summed E-state index contributed by atoms with van der Waals surface area (Å²) in [5, 5.41) is 3.01. The molecule has 2 atom stereocenters. The molecule has 1 heterocycles. The number of thioether (sulfide) groups is 1. The lowest BCUT2D eigenvalue weighted by Gasteiger charge is -2.14. The number of hydrogen-bond donors (Lipinski definition) is 1. The second kappa shape index (κ2) is 6.96. The molecule has 0 bridgehead atoms. The highest BCUT2D eigenvalue weighted by atomic mass is 32.2. The molecule has 2 rings (SSSR count). The molecular formula is C15H21NO2S. The predicted octanol–water partition coefficient (Wildman–Crippen LogP) is 2.59. The highest BCUT2D eigenvalue weighted by Gasteiger charge is 2.30. The molecule has 0 saturated carbocycles. The first-order chi connectivity index (χ1) is 9.20. The van der Waals surface area contributed by atoms with E-state index in [-0.39, 0.29) is 17.9 Å². The van der Waals surface area contributed by atoms with Gasteiger partial charge in [-0.15, -0.1) is 0 Å². The van der Waals surface area contributed by atoms with Crippen LogP contribution in [0.3, 0.4) is 0 Å². The summed E-state index contributed by atoms with van der Waals surface area (Å²) < 4.78 is 5.43. The van der Waals surface area contributed by atoms with Gasteiger partial charge >= 0.3 is 0 Å². The Bertz CT molecular complexity index is 436. The highest BCUT2D eigenvalue weighted by Crippen LogP contribution is 2.20. The standard InChI is InChI=1S/C15H21NO2S/c1-11-14(6-7-18-11)15(17)16-9-12-4-3-5-13(8-12)10-19-2/h3-5,8,11,14H,6-7,9-10H2,1-2H3,(H,16,17)/t11-,14+/m0/s1. The maximum absolute atomic E-state index is 12.0. The Balaban J connectivity index is 1.87. The molecule has 0 aromatic heterocycles. The molecule has 0 spiro atoms. The quantitative estimate of drug-likeness (QED) is 0.900. The number of rotatable bonds is 5. The minimum atomic E-state index is 0.00869. The fourth-order valence-corrected chi connectivity index (χ4v) is 2.91. The molecule has 3 nitrogen and oxygen atoms in total. The van der Waals surface area contributed by atoms with Crippen molar-refractivity contribution < 1.29 is 9.53 Å². The van der Waals surface area contributed by atoms with Gasteiger partial charge in [-0.1, -0.05) is 24.3 Å². The van der Waals surface area contributed by atoms with E-state index in [0.717, 1.165) is 17.7 Å². The van der Waals surface area contributed by atoms with Crippen LogP contribution >= 0.6 is 11.8 Å². The van der Waals surface area contributed by atoms with Gasteiger partial charge in [0.1, 0.15) is 0 Å². The van der Waals surface area contributed by atoms with E-state index in [1.807, 2.05) is 13.0 Å². The highest BCUT2D eigenvalue weighted by molar-refractivity contribution is 7.97. The van der Waals surface area contributed by atoms with Gasteiger partial charge in [0, 0.05) is 18.9 Å². The molecule has 1 fully saturated rings. The average Bonchev–Trinajstić information content (AvgIpc) is 2.83. The van der Waals surface area contributed by atoms with Gasteiger partial charge in [0.15, 0.2) is 0 Å². The lowest BCUT2D eigenvalue weighted by Crippen LogP contribution is -2.33. The third-order valence-electron chi connectivity index (χ3n) is 3.48. The third kappa shape index (κ3) is 3.98. The van der Waals surface area contributed by atoms with Gasteiger partial charge in [-0.05, 0) is 30.7 Å². The second-order valence-corrected chi connectivity index (χ2v) is 5.81. The van der Waals surface area contributed by atoms with Gasteiger partial charge in [-0.3, -0.25) is 4.79 Å². The lowest BCUT2D eigenvalue weighted by molar-refractivity contribution is -0.126. The molecule has 0 radical (unpaired) electrons. The zero-order chi connectivity index (χ0) is 13.7. The van der Waals surface area contributed by atoms with Crippen molar-refractivity contribution in [2.75, 3.05) is 12.9 Å². The van der Waals surface area contributed by atoms with Crippen LogP contribution in [0.4, 0.5) is 0 Å². The number of hydrogen-bond acceptors (Lipinski definition) is 3.